The SMILES string of the molecule is O=C(O)c1ccc(CN(CC2CCCCC2)C2CC2)cc1. The van der Waals surface area contributed by atoms with Gasteiger partial charge in [0, 0.05) is 19.1 Å². The molecule has 21 heavy (non-hydrogen) atoms. The molecule has 0 bridgehead atoms. The molecule has 2 aliphatic rings. The van der Waals surface area contributed by atoms with Crippen LogP contribution in [-0.4, -0.2) is 28.6 Å². The maximum atomic E-state index is 10.9. The van der Waals surface area contributed by atoms with Crippen LogP contribution in [0.3, 0.4) is 0 Å². The topological polar surface area (TPSA) is 40.5 Å². The van der Waals surface area contributed by atoms with Crippen molar-refractivity contribution in [3.8, 4) is 0 Å². The van der Waals surface area contributed by atoms with Gasteiger partial charge in [0.15, 0.2) is 0 Å². The summed E-state index contributed by atoms with van der Waals surface area (Å²) in [6.45, 7) is 2.20. The number of aromatic carboxylic acids is 1. The molecule has 0 heterocycles. The van der Waals surface area contributed by atoms with E-state index in [2.05, 4.69) is 4.90 Å². The van der Waals surface area contributed by atoms with Gasteiger partial charge in [-0.05, 0) is 49.3 Å². The zero-order chi connectivity index (χ0) is 14.7. The van der Waals surface area contributed by atoms with E-state index in [4.69, 9.17) is 5.11 Å². The lowest BCUT2D eigenvalue weighted by molar-refractivity contribution is 0.0697. The zero-order valence-electron chi connectivity index (χ0n) is 12.6. The number of carboxylic acids is 1. The molecule has 3 rings (SSSR count). The highest BCUT2D eigenvalue weighted by atomic mass is 16.4. The van der Waals surface area contributed by atoms with Crippen molar-refractivity contribution in [3.63, 3.8) is 0 Å². The molecule has 2 fully saturated rings. The molecule has 2 saturated carbocycles. The van der Waals surface area contributed by atoms with Crippen molar-refractivity contribution >= 4 is 5.97 Å². The number of hydrogen-bond acceptors (Lipinski definition) is 2. The second kappa shape index (κ2) is 6.61. The molecule has 0 amide bonds. The van der Waals surface area contributed by atoms with Gasteiger partial charge in [0.1, 0.15) is 0 Å². The van der Waals surface area contributed by atoms with Crippen molar-refractivity contribution in [2.45, 2.75) is 57.5 Å². The van der Waals surface area contributed by atoms with Crippen LogP contribution >= 0.6 is 0 Å². The van der Waals surface area contributed by atoms with Crippen molar-refractivity contribution in [2.75, 3.05) is 6.54 Å². The van der Waals surface area contributed by atoms with Crippen LogP contribution in [0.25, 0.3) is 0 Å². The number of carboxylic acid groups (broad SMARTS) is 1. The van der Waals surface area contributed by atoms with Crippen LogP contribution in [0.15, 0.2) is 24.3 Å². The van der Waals surface area contributed by atoms with Crippen molar-refractivity contribution in [1.29, 1.82) is 0 Å². The maximum Gasteiger partial charge on any atom is 0.335 e. The monoisotopic (exact) mass is 287 g/mol. The lowest BCUT2D eigenvalue weighted by Gasteiger charge is -2.30. The highest BCUT2D eigenvalue weighted by molar-refractivity contribution is 5.87. The summed E-state index contributed by atoms with van der Waals surface area (Å²) in [6, 6.07) is 8.16. The van der Waals surface area contributed by atoms with Crippen molar-refractivity contribution in [3.05, 3.63) is 35.4 Å². The first kappa shape index (κ1) is 14.6. The molecule has 0 unspecified atom stereocenters. The summed E-state index contributed by atoms with van der Waals surface area (Å²) in [5.41, 5.74) is 1.62. The molecule has 0 saturated heterocycles. The molecule has 114 valence electrons. The minimum atomic E-state index is -0.845. The molecule has 0 aromatic heterocycles. The Bertz CT molecular complexity index is 472. The Morgan fingerprint density at radius 2 is 1.71 bits per heavy atom. The predicted octanol–water partition coefficient (Wildman–Crippen LogP) is 3.93. The second-order valence-corrected chi connectivity index (χ2v) is 6.67. The molecule has 1 N–H and O–H groups in total. The molecule has 0 spiro atoms. The molecule has 0 aliphatic heterocycles. The summed E-state index contributed by atoms with van der Waals surface area (Å²) in [4.78, 5) is 13.5. The summed E-state index contributed by atoms with van der Waals surface area (Å²) in [5.74, 6) is 0.0282. The Kier molecular flexibility index (Phi) is 4.59. The molecule has 1 aromatic carbocycles. The molecule has 3 heteroatoms. The average Bonchev–Trinajstić information content (AvgIpc) is 3.33. The maximum absolute atomic E-state index is 10.9. The number of benzene rings is 1. The quantitative estimate of drug-likeness (QED) is 0.862. The summed E-state index contributed by atoms with van der Waals surface area (Å²) in [5, 5.41) is 8.96. The summed E-state index contributed by atoms with van der Waals surface area (Å²) in [6.07, 6.45) is 9.66. The third-order valence-corrected chi connectivity index (χ3v) is 4.87. The molecule has 2 aliphatic carbocycles. The molecule has 0 radical (unpaired) electrons. The standard InChI is InChI=1S/C18H25NO2/c20-18(21)16-8-6-15(7-9-16)13-19(17-10-11-17)12-14-4-2-1-3-5-14/h6-9,14,17H,1-5,10-13H2,(H,20,21). The van der Waals surface area contributed by atoms with Gasteiger partial charge in [-0.15, -0.1) is 0 Å². The van der Waals surface area contributed by atoms with Crippen LogP contribution < -0.4 is 0 Å². The van der Waals surface area contributed by atoms with Crippen LogP contribution in [-0.2, 0) is 6.54 Å². The van der Waals surface area contributed by atoms with Gasteiger partial charge in [-0.1, -0.05) is 31.4 Å². The third kappa shape index (κ3) is 4.07. The first-order valence-electron chi connectivity index (χ1n) is 8.28. The first-order valence-corrected chi connectivity index (χ1v) is 8.28. The van der Waals surface area contributed by atoms with E-state index in [9.17, 15) is 4.79 Å². The molecule has 3 nitrogen and oxygen atoms in total. The van der Waals surface area contributed by atoms with Crippen LogP contribution in [0.4, 0.5) is 0 Å². The first-order chi connectivity index (χ1) is 10.2. The Balaban J connectivity index is 1.60. The Labute approximate surface area is 127 Å². The molecular weight excluding hydrogens is 262 g/mol. The third-order valence-electron chi connectivity index (χ3n) is 4.87. The fourth-order valence-electron chi connectivity index (χ4n) is 3.47. The minimum absolute atomic E-state index is 0.379. The lowest BCUT2D eigenvalue weighted by atomic mass is 9.89. The minimum Gasteiger partial charge on any atom is -0.478 e. The van der Waals surface area contributed by atoms with Crippen LogP contribution in [0.1, 0.15) is 60.9 Å². The van der Waals surface area contributed by atoms with Gasteiger partial charge < -0.3 is 5.11 Å². The second-order valence-electron chi connectivity index (χ2n) is 6.67. The van der Waals surface area contributed by atoms with Gasteiger partial charge in [-0.3, -0.25) is 4.90 Å². The van der Waals surface area contributed by atoms with Crippen molar-refractivity contribution in [2.24, 2.45) is 5.92 Å². The van der Waals surface area contributed by atoms with E-state index in [0.29, 0.717) is 5.56 Å². The summed E-state index contributed by atoms with van der Waals surface area (Å²) >= 11 is 0. The van der Waals surface area contributed by atoms with Gasteiger partial charge in [0.05, 0.1) is 5.56 Å². The van der Waals surface area contributed by atoms with Crippen LogP contribution in [0.5, 0.6) is 0 Å². The highest BCUT2D eigenvalue weighted by Gasteiger charge is 2.30. The molecular formula is C18H25NO2. The predicted molar refractivity (Wildman–Crippen MR) is 83.4 cm³/mol. The summed E-state index contributed by atoms with van der Waals surface area (Å²) in [7, 11) is 0. The molecule has 1 aromatic rings. The smallest absolute Gasteiger partial charge is 0.335 e. The van der Waals surface area contributed by atoms with Gasteiger partial charge in [0.25, 0.3) is 0 Å². The Morgan fingerprint density at radius 3 is 2.29 bits per heavy atom. The molecule has 0 atom stereocenters. The van der Waals surface area contributed by atoms with Gasteiger partial charge >= 0.3 is 5.97 Å². The van der Waals surface area contributed by atoms with E-state index < -0.39 is 5.97 Å². The number of hydrogen-bond donors (Lipinski definition) is 1. The number of rotatable bonds is 6. The number of carbonyl (C=O) groups is 1. The van der Waals surface area contributed by atoms with E-state index >= 15 is 0 Å². The largest absolute Gasteiger partial charge is 0.478 e. The Morgan fingerprint density at radius 1 is 1.05 bits per heavy atom. The van der Waals surface area contributed by atoms with Crippen LogP contribution in [0, 0.1) is 5.92 Å². The zero-order valence-corrected chi connectivity index (χ0v) is 12.6. The average molecular weight is 287 g/mol. The van der Waals surface area contributed by atoms with Gasteiger partial charge in [0.2, 0.25) is 0 Å². The van der Waals surface area contributed by atoms with Gasteiger partial charge in [-0.25, -0.2) is 4.79 Å². The van der Waals surface area contributed by atoms with Crippen molar-refractivity contribution in [1.82, 2.24) is 4.90 Å². The normalized spacial score (nSPS) is 19.9. The van der Waals surface area contributed by atoms with Gasteiger partial charge in [-0.2, -0.15) is 0 Å². The van der Waals surface area contributed by atoms with E-state index in [1.54, 1.807) is 12.1 Å². The van der Waals surface area contributed by atoms with Crippen LogP contribution in [0.2, 0.25) is 0 Å². The van der Waals surface area contributed by atoms with E-state index in [-0.39, 0.29) is 0 Å². The lowest BCUT2D eigenvalue weighted by Crippen LogP contribution is -2.32. The van der Waals surface area contributed by atoms with E-state index in [0.717, 1.165) is 18.5 Å². The number of nitrogens with zero attached hydrogens (tertiary/aromatic N) is 1. The van der Waals surface area contributed by atoms with E-state index in [1.165, 1.54) is 57.1 Å². The van der Waals surface area contributed by atoms with E-state index in [1.807, 2.05) is 12.1 Å². The highest BCUT2D eigenvalue weighted by Crippen LogP contribution is 2.32. The van der Waals surface area contributed by atoms with Crippen molar-refractivity contribution < 1.29 is 9.90 Å². The fraction of sp³-hybridized carbons (Fsp3) is 0.611. The Hall–Kier alpha value is -1.35. The fourth-order valence-corrected chi connectivity index (χ4v) is 3.47. The summed E-state index contributed by atoms with van der Waals surface area (Å²) < 4.78 is 0.